The summed E-state index contributed by atoms with van der Waals surface area (Å²) in [5, 5.41) is 5.37. The lowest BCUT2D eigenvalue weighted by molar-refractivity contribution is 1.28. The number of rotatable bonds is 4. The minimum Gasteiger partial charge on any atom is -0.278 e. The molecule has 0 radical (unpaired) electrons. The maximum absolute atomic E-state index is 6.01. The van der Waals surface area contributed by atoms with Gasteiger partial charge in [-0.1, -0.05) is 60.1 Å². The molecule has 0 heterocycles. The number of benzene rings is 3. The molecule has 0 atom stereocenters. The molecule has 0 fully saturated rings. The molecule has 0 aliphatic carbocycles. The zero-order valence-electron chi connectivity index (χ0n) is 13.8. The number of nitrogens with zero attached hydrogens (tertiary/aromatic N) is 1. The molecule has 3 heteroatoms. The van der Waals surface area contributed by atoms with Crippen LogP contribution in [0.5, 0.6) is 0 Å². The van der Waals surface area contributed by atoms with Gasteiger partial charge in [0.15, 0.2) is 0 Å². The lowest BCUT2D eigenvalue weighted by Crippen LogP contribution is -2.06. The number of aryl methyl sites for hydroxylation is 2. The van der Waals surface area contributed by atoms with Gasteiger partial charge in [0.1, 0.15) is 0 Å². The maximum atomic E-state index is 6.01. The van der Waals surface area contributed by atoms with E-state index in [1.807, 2.05) is 48.5 Å². The van der Waals surface area contributed by atoms with Crippen LogP contribution in [-0.2, 0) is 0 Å². The Hall–Kier alpha value is -2.58. The van der Waals surface area contributed by atoms with Crippen molar-refractivity contribution in [2.45, 2.75) is 13.8 Å². The van der Waals surface area contributed by atoms with Crippen molar-refractivity contribution in [1.82, 2.24) is 0 Å². The molecule has 3 aromatic carbocycles. The van der Waals surface area contributed by atoms with Gasteiger partial charge < -0.3 is 0 Å². The predicted molar refractivity (Wildman–Crippen MR) is 103 cm³/mol. The first-order valence-electron chi connectivity index (χ1n) is 7.86. The number of anilines is 1. The van der Waals surface area contributed by atoms with Crippen molar-refractivity contribution < 1.29 is 0 Å². The van der Waals surface area contributed by atoms with Crippen molar-refractivity contribution in [3.8, 4) is 0 Å². The van der Waals surface area contributed by atoms with E-state index < -0.39 is 0 Å². The molecule has 0 aliphatic heterocycles. The van der Waals surface area contributed by atoms with Gasteiger partial charge in [0.25, 0.3) is 0 Å². The van der Waals surface area contributed by atoms with Crippen molar-refractivity contribution in [2.24, 2.45) is 5.10 Å². The van der Waals surface area contributed by atoms with Crippen molar-refractivity contribution >= 4 is 23.0 Å². The summed E-state index contributed by atoms with van der Waals surface area (Å²) in [6.07, 6.45) is 0. The van der Waals surface area contributed by atoms with Gasteiger partial charge in [0.05, 0.1) is 11.4 Å². The first-order chi connectivity index (χ1) is 11.6. The van der Waals surface area contributed by atoms with Gasteiger partial charge in [-0.15, -0.1) is 0 Å². The topological polar surface area (TPSA) is 24.4 Å². The Balaban J connectivity index is 1.97. The molecule has 0 bridgehead atoms. The smallest absolute Gasteiger partial charge is 0.0977 e. The first-order valence-corrected chi connectivity index (χ1v) is 8.23. The van der Waals surface area contributed by atoms with E-state index in [4.69, 9.17) is 11.6 Å². The van der Waals surface area contributed by atoms with Crippen molar-refractivity contribution in [2.75, 3.05) is 5.43 Å². The summed E-state index contributed by atoms with van der Waals surface area (Å²) in [5.74, 6) is 0. The molecule has 0 aliphatic rings. The van der Waals surface area contributed by atoms with E-state index in [1.54, 1.807) is 0 Å². The second kappa shape index (κ2) is 7.33. The fourth-order valence-corrected chi connectivity index (χ4v) is 2.56. The van der Waals surface area contributed by atoms with Crippen molar-refractivity contribution in [3.05, 3.63) is 100 Å². The second-order valence-corrected chi connectivity index (χ2v) is 6.18. The molecule has 2 nitrogen and oxygen atoms in total. The molecule has 0 amide bonds. The molecule has 0 spiro atoms. The number of nitrogens with one attached hydrogen (secondary N) is 1. The monoisotopic (exact) mass is 334 g/mol. The van der Waals surface area contributed by atoms with Crippen LogP contribution in [-0.4, -0.2) is 5.71 Å². The lowest BCUT2D eigenvalue weighted by Gasteiger charge is -2.10. The SMILES string of the molecule is Cc1ccc(N/N=C(/c2ccccc2)c2ccc(Cl)cc2)cc1C. The summed E-state index contributed by atoms with van der Waals surface area (Å²) in [5.41, 5.74) is 9.61. The fraction of sp³-hybridized carbons (Fsp3) is 0.0952. The van der Waals surface area contributed by atoms with Gasteiger partial charge >= 0.3 is 0 Å². The summed E-state index contributed by atoms with van der Waals surface area (Å²) in [6, 6.07) is 24.1. The number of hydrazone groups is 1. The Morgan fingerprint density at radius 2 is 1.46 bits per heavy atom. The van der Waals surface area contributed by atoms with Crippen LogP contribution in [0.1, 0.15) is 22.3 Å². The van der Waals surface area contributed by atoms with E-state index in [0.717, 1.165) is 22.5 Å². The summed E-state index contributed by atoms with van der Waals surface area (Å²) >= 11 is 6.01. The number of hydrogen-bond acceptors (Lipinski definition) is 2. The van der Waals surface area contributed by atoms with E-state index in [9.17, 15) is 0 Å². The van der Waals surface area contributed by atoms with Gasteiger partial charge in [-0.3, -0.25) is 5.43 Å². The highest BCUT2D eigenvalue weighted by molar-refractivity contribution is 6.30. The number of hydrogen-bond donors (Lipinski definition) is 1. The minimum atomic E-state index is 0.716. The fourth-order valence-electron chi connectivity index (χ4n) is 2.43. The second-order valence-electron chi connectivity index (χ2n) is 5.74. The van der Waals surface area contributed by atoms with Gasteiger partial charge in [-0.2, -0.15) is 5.10 Å². The van der Waals surface area contributed by atoms with Crippen LogP contribution in [0.15, 0.2) is 77.9 Å². The Labute approximate surface area is 147 Å². The van der Waals surface area contributed by atoms with Gasteiger partial charge in [-0.25, -0.2) is 0 Å². The molecular weight excluding hydrogens is 316 g/mol. The zero-order valence-corrected chi connectivity index (χ0v) is 14.5. The van der Waals surface area contributed by atoms with E-state index in [0.29, 0.717) is 5.02 Å². The highest BCUT2D eigenvalue weighted by Gasteiger charge is 2.07. The van der Waals surface area contributed by atoms with Crippen LogP contribution < -0.4 is 5.43 Å². The highest BCUT2D eigenvalue weighted by Crippen LogP contribution is 2.17. The van der Waals surface area contributed by atoms with Gasteiger partial charge in [0.2, 0.25) is 0 Å². The third-order valence-electron chi connectivity index (χ3n) is 3.97. The molecule has 1 N–H and O–H groups in total. The van der Waals surface area contributed by atoms with Crippen LogP contribution in [0.2, 0.25) is 5.02 Å². The molecule has 0 saturated heterocycles. The molecular formula is C21H19ClN2. The normalized spacial score (nSPS) is 11.4. The molecule has 3 rings (SSSR count). The zero-order chi connectivity index (χ0) is 16.9. The molecule has 0 unspecified atom stereocenters. The largest absolute Gasteiger partial charge is 0.278 e. The average molecular weight is 335 g/mol. The third-order valence-corrected chi connectivity index (χ3v) is 4.22. The molecule has 24 heavy (non-hydrogen) atoms. The Bertz CT molecular complexity index is 853. The predicted octanol–water partition coefficient (Wildman–Crippen LogP) is 5.82. The Morgan fingerprint density at radius 3 is 2.12 bits per heavy atom. The summed E-state index contributed by atoms with van der Waals surface area (Å²) < 4.78 is 0. The Morgan fingerprint density at radius 1 is 0.792 bits per heavy atom. The molecule has 0 aromatic heterocycles. The molecule has 120 valence electrons. The average Bonchev–Trinajstić information content (AvgIpc) is 2.60. The van der Waals surface area contributed by atoms with Crippen LogP contribution in [0.3, 0.4) is 0 Å². The Kier molecular flexibility index (Phi) is 4.97. The maximum Gasteiger partial charge on any atom is 0.0977 e. The molecule has 3 aromatic rings. The summed E-state index contributed by atoms with van der Waals surface area (Å²) in [7, 11) is 0. The highest BCUT2D eigenvalue weighted by atomic mass is 35.5. The lowest BCUT2D eigenvalue weighted by atomic mass is 10.0. The van der Waals surface area contributed by atoms with E-state index in [1.165, 1.54) is 11.1 Å². The van der Waals surface area contributed by atoms with Crippen LogP contribution in [0, 0.1) is 13.8 Å². The molecule has 0 saturated carbocycles. The van der Waals surface area contributed by atoms with E-state index >= 15 is 0 Å². The number of halogens is 1. The quantitative estimate of drug-likeness (QED) is 0.471. The van der Waals surface area contributed by atoms with Crippen LogP contribution in [0.25, 0.3) is 0 Å². The van der Waals surface area contributed by atoms with E-state index in [-0.39, 0.29) is 0 Å². The van der Waals surface area contributed by atoms with Crippen molar-refractivity contribution in [3.63, 3.8) is 0 Å². The van der Waals surface area contributed by atoms with Crippen molar-refractivity contribution in [1.29, 1.82) is 0 Å². The first kappa shape index (κ1) is 16.3. The summed E-state index contributed by atoms with van der Waals surface area (Å²) in [6.45, 7) is 4.20. The summed E-state index contributed by atoms with van der Waals surface area (Å²) in [4.78, 5) is 0. The minimum absolute atomic E-state index is 0.716. The van der Waals surface area contributed by atoms with E-state index in [2.05, 4.69) is 48.6 Å². The van der Waals surface area contributed by atoms with Crippen LogP contribution in [0.4, 0.5) is 5.69 Å². The van der Waals surface area contributed by atoms with Crippen LogP contribution >= 0.6 is 11.6 Å². The van der Waals surface area contributed by atoms with Gasteiger partial charge in [0, 0.05) is 16.1 Å². The third kappa shape index (κ3) is 3.84. The van der Waals surface area contributed by atoms with Gasteiger partial charge in [-0.05, 0) is 49.2 Å². The standard InChI is InChI=1S/C21H19ClN2/c1-15-8-13-20(14-16(15)2)23-24-21(17-6-4-3-5-7-17)18-9-11-19(22)12-10-18/h3-14,23H,1-2H3/b24-21-.